The van der Waals surface area contributed by atoms with Crippen LogP contribution in [-0.4, -0.2) is 12.4 Å². The Labute approximate surface area is 110 Å². The Balaban J connectivity index is 2.46. The molecule has 0 unspecified atom stereocenters. The summed E-state index contributed by atoms with van der Waals surface area (Å²) in [5, 5.41) is 0. The highest BCUT2D eigenvalue weighted by molar-refractivity contribution is 6.13. The van der Waals surface area contributed by atoms with Crippen molar-refractivity contribution in [3.05, 3.63) is 59.4 Å². The van der Waals surface area contributed by atoms with Gasteiger partial charge in [-0.2, -0.15) is 0 Å². The third-order valence-electron chi connectivity index (χ3n) is 2.69. The topological polar surface area (TPSA) is 52.3 Å². The predicted molar refractivity (Wildman–Crippen MR) is 71.9 cm³/mol. The Morgan fingerprint density at radius 3 is 2.53 bits per heavy atom. The molecule has 0 saturated heterocycles. The van der Waals surface area contributed by atoms with E-state index in [4.69, 9.17) is 10.5 Å². The standard InChI is InChI=1S/C15H14FNO2/c1-2-19-13-5-3-4-12(17)14(13)15(18)10-6-8-11(16)9-7-10/h3-9H,2,17H2,1H3. The van der Waals surface area contributed by atoms with Gasteiger partial charge < -0.3 is 10.5 Å². The number of ketones is 1. The summed E-state index contributed by atoms with van der Waals surface area (Å²) in [6.07, 6.45) is 0. The molecular weight excluding hydrogens is 245 g/mol. The van der Waals surface area contributed by atoms with Crippen molar-refractivity contribution in [1.82, 2.24) is 0 Å². The second kappa shape index (κ2) is 5.52. The highest BCUT2D eigenvalue weighted by Gasteiger charge is 2.17. The molecule has 19 heavy (non-hydrogen) atoms. The van der Waals surface area contributed by atoms with Gasteiger partial charge in [-0.3, -0.25) is 4.79 Å². The van der Waals surface area contributed by atoms with Crippen LogP contribution in [0.3, 0.4) is 0 Å². The molecule has 0 fully saturated rings. The minimum absolute atomic E-state index is 0.276. The zero-order chi connectivity index (χ0) is 13.8. The summed E-state index contributed by atoms with van der Waals surface area (Å²) < 4.78 is 18.3. The smallest absolute Gasteiger partial charge is 0.198 e. The molecule has 0 heterocycles. The van der Waals surface area contributed by atoms with E-state index >= 15 is 0 Å². The monoisotopic (exact) mass is 259 g/mol. The fraction of sp³-hybridized carbons (Fsp3) is 0.133. The Bertz CT molecular complexity index is 594. The van der Waals surface area contributed by atoms with Crippen LogP contribution >= 0.6 is 0 Å². The molecule has 3 nitrogen and oxygen atoms in total. The Hall–Kier alpha value is -2.36. The van der Waals surface area contributed by atoms with Crippen molar-refractivity contribution in [2.45, 2.75) is 6.92 Å². The number of ether oxygens (including phenoxy) is 1. The van der Waals surface area contributed by atoms with Crippen molar-refractivity contribution in [2.75, 3.05) is 12.3 Å². The van der Waals surface area contributed by atoms with Crippen LogP contribution in [0, 0.1) is 5.82 Å². The van der Waals surface area contributed by atoms with Crippen LogP contribution in [0.25, 0.3) is 0 Å². The van der Waals surface area contributed by atoms with Crippen molar-refractivity contribution in [3.63, 3.8) is 0 Å². The second-order valence-electron chi connectivity index (χ2n) is 3.99. The number of carbonyl (C=O) groups excluding carboxylic acids is 1. The molecule has 0 atom stereocenters. The van der Waals surface area contributed by atoms with E-state index in [1.807, 2.05) is 6.92 Å². The van der Waals surface area contributed by atoms with Gasteiger partial charge in [-0.1, -0.05) is 6.07 Å². The van der Waals surface area contributed by atoms with Gasteiger partial charge in [0, 0.05) is 11.3 Å². The fourth-order valence-corrected chi connectivity index (χ4v) is 1.81. The Morgan fingerprint density at radius 1 is 1.21 bits per heavy atom. The van der Waals surface area contributed by atoms with Crippen molar-refractivity contribution < 1.29 is 13.9 Å². The van der Waals surface area contributed by atoms with Crippen LogP contribution < -0.4 is 10.5 Å². The molecular formula is C15H14FNO2. The number of nitrogen functional groups attached to an aromatic ring is 1. The lowest BCUT2D eigenvalue weighted by molar-refractivity contribution is 0.103. The first-order valence-corrected chi connectivity index (χ1v) is 5.95. The van der Waals surface area contributed by atoms with E-state index in [0.29, 0.717) is 29.2 Å². The van der Waals surface area contributed by atoms with Crippen LogP contribution in [0.2, 0.25) is 0 Å². The lowest BCUT2D eigenvalue weighted by Gasteiger charge is -2.11. The fourth-order valence-electron chi connectivity index (χ4n) is 1.81. The summed E-state index contributed by atoms with van der Waals surface area (Å²) in [5.74, 6) is -0.221. The summed E-state index contributed by atoms with van der Waals surface area (Å²) in [4.78, 5) is 12.4. The predicted octanol–water partition coefficient (Wildman–Crippen LogP) is 3.04. The van der Waals surface area contributed by atoms with Gasteiger partial charge in [-0.15, -0.1) is 0 Å². The van der Waals surface area contributed by atoms with E-state index in [0.717, 1.165) is 0 Å². The first-order chi connectivity index (χ1) is 9.13. The van der Waals surface area contributed by atoms with Gasteiger partial charge in [0.2, 0.25) is 0 Å². The van der Waals surface area contributed by atoms with Crippen LogP contribution in [-0.2, 0) is 0 Å². The Morgan fingerprint density at radius 2 is 1.89 bits per heavy atom. The molecule has 2 aromatic carbocycles. The molecule has 0 aliphatic carbocycles. The molecule has 0 aliphatic rings. The highest BCUT2D eigenvalue weighted by atomic mass is 19.1. The van der Waals surface area contributed by atoms with E-state index in [-0.39, 0.29) is 11.6 Å². The number of hydrogen-bond donors (Lipinski definition) is 1. The van der Waals surface area contributed by atoms with Crippen LogP contribution in [0.4, 0.5) is 10.1 Å². The molecule has 0 amide bonds. The number of hydrogen-bond acceptors (Lipinski definition) is 3. The summed E-state index contributed by atoms with van der Waals surface area (Å²) >= 11 is 0. The molecule has 0 aliphatic heterocycles. The molecule has 0 radical (unpaired) electrons. The number of nitrogens with two attached hydrogens (primary N) is 1. The van der Waals surface area contributed by atoms with Gasteiger partial charge in [0.25, 0.3) is 0 Å². The third kappa shape index (κ3) is 2.73. The maximum Gasteiger partial charge on any atom is 0.198 e. The van der Waals surface area contributed by atoms with Gasteiger partial charge in [-0.05, 0) is 43.3 Å². The highest BCUT2D eigenvalue weighted by Crippen LogP contribution is 2.27. The molecule has 0 bridgehead atoms. The zero-order valence-corrected chi connectivity index (χ0v) is 10.5. The Kier molecular flexibility index (Phi) is 3.80. The number of rotatable bonds is 4. The normalized spacial score (nSPS) is 10.2. The molecule has 0 spiro atoms. The molecule has 4 heteroatoms. The minimum Gasteiger partial charge on any atom is -0.493 e. The zero-order valence-electron chi connectivity index (χ0n) is 10.5. The molecule has 0 saturated carbocycles. The van der Waals surface area contributed by atoms with Gasteiger partial charge in [0.05, 0.1) is 12.2 Å². The van der Waals surface area contributed by atoms with Crippen LogP contribution in [0.15, 0.2) is 42.5 Å². The van der Waals surface area contributed by atoms with Crippen molar-refractivity contribution in [3.8, 4) is 5.75 Å². The van der Waals surface area contributed by atoms with Crippen molar-refractivity contribution in [1.29, 1.82) is 0 Å². The summed E-state index contributed by atoms with van der Waals surface area (Å²) in [5.41, 5.74) is 6.88. The van der Waals surface area contributed by atoms with Gasteiger partial charge in [0.15, 0.2) is 5.78 Å². The average molecular weight is 259 g/mol. The van der Waals surface area contributed by atoms with E-state index in [2.05, 4.69) is 0 Å². The first kappa shape index (κ1) is 13.1. The van der Waals surface area contributed by atoms with E-state index < -0.39 is 0 Å². The number of anilines is 1. The van der Waals surface area contributed by atoms with Crippen LogP contribution in [0.5, 0.6) is 5.75 Å². The lowest BCUT2D eigenvalue weighted by Crippen LogP contribution is -2.08. The SMILES string of the molecule is CCOc1cccc(N)c1C(=O)c1ccc(F)cc1. The first-order valence-electron chi connectivity index (χ1n) is 5.95. The number of benzene rings is 2. The second-order valence-corrected chi connectivity index (χ2v) is 3.99. The van der Waals surface area contributed by atoms with Gasteiger partial charge in [-0.25, -0.2) is 4.39 Å². The van der Waals surface area contributed by atoms with Crippen molar-refractivity contribution >= 4 is 11.5 Å². The van der Waals surface area contributed by atoms with Gasteiger partial charge in [0.1, 0.15) is 11.6 Å². The van der Waals surface area contributed by atoms with E-state index in [9.17, 15) is 9.18 Å². The van der Waals surface area contributed by atoms with Crippen molar-refractivity contribution in [2.24, 2.45) is 0 Å². The largest absolute Gasteiger partial charge is 0.493 e. The lowest BCUT2D eigenvalue weighted by atomic mass is 10.0. The number of halogens is 1. The summed E-state index contributed by atoms with van der Waals surface area (Å²) in [6, 6.07) is 10.4. The third-order valence-corrected chi connectivity index (χ3v) is 2.69. The number of carbonyl (C=O) groups is 1. The molecule has 0 aromatic heterocycles. The maximum atomic E-state index is 12.9. The van der Waals surface area contributed by atoms with E-state index in [1.165, 1.54) is 24.3 Å². The molecule has 2 aromatic rings. The maximum absolute atomic E-state index is 12.9. The van der Waals surface area contributed by atoms with Gasteiger partial charge >= 0.3 is 0 Å². The molecule has 98 valence electrons. The van der Waals surface area contributed by atoms with E-state index in [1.54, 1.807) is 18.2 Å². The van der Waals surface area contributed by atoms with Crippen LogP contribution in [0.1, 0.15) is 22.8 Å². The molecule has 2 N–H and O–H groups in total. The molecule has 2 rings (SSSR count). The minimum atomic E-state index is -0.386. The summed E-state index contributed by atoms with van der Waals surface area (Å²) in [6.45, 7) is 2.27. The quantitative estimate of drug-likeness (QED) is 0.678. The average Bonchev–Trinajstić information content (AvgIpc) is 2.39. The summed E-state index contributed by atoms with van der Waals surface area (Å²) in [7, 11) is 0.